The van der Waals surface area contributed by atoms with E-state index in [-0.39, 0.29) is 18.2 Å². The number of carbonyl (C=O) groups is 2. The Morgan fingerprint density at radius 1 is 1.22 bits per heavy atom. The highest BCUT2D eigenvalue weighted by Gasteiger charge is 2.10. The first-order valence-electron chi connectivity index (χ1n) is 7.07. The normalized spacial score (nSPS) is 9.91. The summed E-state index contributed by atoms with van der Waals surface area (Å²) in [6.45, 7) is 7.62. The lowest BCUT2D eigenvalue weighted by Crippen LogP contribution is -2.16. The maximum atomic E-state index is 12.2. The summed E-state index contributed by atoms with van der Waals surface area (Å²) >= 11 is 0. The van der Waals surface area contributed by atoms with Crippen LogP contribution in [0.25, 0.3) is 0 Å². The number of allylic oxidation sites excluding steroid dienone is 1. The molecular weight excluding hydrogens is 292 g/mol. The van der Waals surface area contributed by atoms with Gasteiger partial charge >= 0.3 is 0 Å². The van der Waals surface area contributed by atoms with Gasteiger partial charge in [-0.2, -0.15) is 5.10 Å². The summed E-state index contributed by atoms with van der Waals surface area (Å²) in [4.78, 5) is 23.6. The second-order valence-electron chi connectivity index (χ2n) is 4.82. The van der Waals surface area contributed by atoms with Gasteiger partial charge in [0.15, 0.2) is 0 Å². The van der Waals surface area contributed by atoms with Crippen LogP contribution < -0.4 is 10.6 Å². The predicted octanol–water partition coefficient (Wildman–Crippen LogP) is 2.37. The molecule has 118 valence electrons. The van der Waals surface area contributed by atoms with Gasteiger partial charge in [-0.05, 0) is 17.7 Å². The molecule has 2 rings (SSSR count). The molecular formula is C17H18N4O2. The van der Waals surface area contributed by atoms with Crippen LogP contribution in [-0.2, 0) is 22.6 Å². The van der Waals surface area contributed by atoms with Crippen LogP contribution in [0.4, 0.5) is 11.4 Å². The standard InChI is InChI=1S/C17H18N4O2/c1-3-9-21-12-14(11-18-21)19-17(23)10-13-7-5-6-8-15(13)20-16(22)4-2/h3-8,11-12H,1-2,9-10H2,(H,19,23)(H,20,22). The minimum Gasteiger partial charge on any atom is -0.323 e. The molecule has 0 saturated heterocycles. The van der Waals surface area contributed by atoms with E-state index in [1.165, 1.54) is 6.08 Å². The summed E-state index contributed by atoms with van der Waals surface area (Å²) in [5, 5.41) is 9.56. The van der Waals surface area contributed by atoms with Crippen molar-refractivity contribution in [3.8, 4) is 0 Å². The highest BCUT2D eigenvalue weighted by molar-refractivity contribution is 6.00. The van der Waals surface area contributed by atoms with E-state index in [1.54, 1.807) is 41.4 Å². The molecule has 0 unspecified atom stereocenters. The number of amides is 2. The molecule has 6 nitrogen and oxygen atoms in total. The summed E-state index contributed by atoms with van der Waals surface area (Å²) in [6, 6.07) is 7.14. The highest BCUT2D eigenvalue weighted by Crippen LogP contribution is 2.16. The van der Waals surface area contributed by atoms with Crippen molar-refractivity contribution in [3.63, 3.8) is 0 Å². The maximum Gasteiger partial charge on any atom is 0.247 e. The molecule has 23 heavy (non-hydrogen) atoms. The van der Waals surface area contributed by atoms with Crippen molar-refractivity contribution in [2.24, 2.45) is 0 Å². The Morgan fingerprint density at radius 2 is 2.00 bits per heavy atom. The lowest BCUT2D eigenvalue weighted by atomic mass is 10.1. The second kappa shape index (κ2) is 7.74. The third-order valence-corrected chi connectivity index (χ3v) is 3.04. The monoisotopic (exact) mass is 310 g/mol. The van der Waals surface area contributed by atoms with Crippen LogP contribution >= 0.6 is 0 Å². The number of rotatable bonds is 7. The number of hydrogen-bond acceptors (Lipinski definition) is 3. The average molecular weight is 310 g/mol. The maximum absolute atomic E-state index is 12.2. The van der Waals surface area contributed by atoms with Gasteiger partial charge in [0.1, 0.15) is 0 Å². The fourth-order valence-electron chi connectivity index (χ4n) is 2.02. The van der Waals surface area contributed by atoms with Gasteiger partial charge in [0.05, 0.1) is 24.8 Å². The molecule has 1 aromatic heterocycles. The minimum atomic E-state index is -0.316. The Hall–Kier alpha value is -3.15. The summed E-state index contributed by atoms with van der Waals surface area (Å²) in [5.74, 6) is -0.507. The summed E-state index contributed by atoms with van der Waals surface area (Å²) < 4.78 is 1.67. The van der Waals surface area contributed by atoms with Crippen LogP contribution in [0.2, 0.25) is 0 Å². The lowest BCUT2D eigenvalue weighted by molar-refractivity contribution is -0.115. The molecule has 6 heteroatoms. The van der Waals surface area contributed by atoms with Gasteiger partial charge in [0.25, 0.3) is 0 Å². The molecule has 0 saturated carbocycles. The van der Waals surface area contributed by atoms with Crippen molar-refractivity contribution in [2.75, 3.05) is 10.6 Å². The lowest BCUT2D eigenvalue weighted by Gasteiger charge is -2.09. The zero-order valence-corrected chi connectivity index (χ0v) is 12.7. The fraction of sp³-hybridized carbons (Fsp3) is 0.118. The van der Waals surface area contributed by atoms with Crippen LogP contribution in [-0.4, -0.2) is 21.6 Å². The molecule has 0 atom stereocenters. The van der Waals surface area contributed by atoms with Gasteiger partial charge in [-0.1, -0.05) is 30.9 Å². The number of nitrogens with zero attached hydrogens (tertiary/aromatic N) is 2. The molecule has 0 aliphatic heterocycles. The van der Waals surface area contributed by atoms with Crippen molar-refractivity contribution in [2.45, 2.75) is 13.0 Å². The van der Waals surface area contributed by atoms with E-state index in [1.807, 2.05) is 6.07 Å². The molecule has 0 fully saturated rings. The van der Waals surface area contributed by atoms with E-state index in [0.717, 1.165) is 5.56 Å². The van der Waals surface area contributed by atoms with Crippen LogP contribution in [0.1, 0.15) is 5.56 Å². The third-order valence-electron chi connectivity index (χ3n) is 3.04. The number of carbonyl (C=O) groups excluding carboxylic acids is 2. The SMILES string of the molecule is C=CCn1cc(NC(=O)Cc2ccccc2NC(=O)C=C)cn1. The molecule has 0 bridgehead atoms. The zero-order chi connectivity index (χ0) is 16.7. The third kappa shape index (κ3) is 4.67. The molecule has 0 aliphatic rings. The Balaban J connectivity index is 2.03. The first-order chi connectivity index (χ1) is 11.1. The molecule has 0 spiro atoms. The molecule has 1 heterocycles. The molecule has 0 aliphatic carbocycles. The van der Waals surface area contributed by atoms with Crippen LogP contribution in [0.15, 0.2) is 62.0 Å². The van der Waals surface area contributed by atoms with Gasteiger partial charge < -0.3 is 10.6 Å². The van der Waals surface area contributed by atoms with Crippen molar-refractivity contribution < 1.29 is 9.59 Å². The minimum absolute atomic E-state index is 0.139. The van der Waals surface area contributed by atoms with Gasteiger partial charge in [0, 0.05) is 11.9 Å². The number of para-hydroxylation sites is 1. The van der Waals surface area contributed by atoms with E-state index in [4.69, 9.17) is 0 Å². The van der Waals surface area contributed by atoms with E-state index >= 15 is 0 Å². The quantitative estimate of drug-likeness (QED) is 0.609. The van der Waals surface area contributed by atoms with E-state index < -0.39 is 0 Å². The average Bonchev–Trinajstić information content (AvgIpc) is 2.96. The van der Waals surface area contributed by atoms with Crippen LogP contribution in [0, 0.1) is 0 Å². The molecule has 2 amide bonds. The molecule has 2 N–H and O–H groups in total. The first-order valence-corrected chi connectivity index (χ1v) is 7.07. The van der Waals surface area contributed by atoms with Crippen LogP contribution in [0.5, 0.6) is 0 Å². The van der Waals surface area contributed by atoms with Crippen molar-refractivity contribution >= 4 is 23.2 Å². The summed E-state index contributed by atoms with van der Waals surface area (Å²) in [6.07, 6.45) is 6.35. The second-order valence-corrected chi connectivity index (χ2v) is 4.82. The van der Waals surface area contributed by atoms with Crippen LogP contribution in [0.3, 0.4) is 0 Å². The van der Waals surface area contributed by atoms with Gasteiger partial charge in [0.2, 0.25) is 11.8 Å². The Morgan fingerprint density at radius 3 is 2.74 bits per heavy atom. The number of aromatic nitrogens is 2. The Labute approximate surface area is 134 Å². The fourth-order valence-corrected chi connectivity index (χ4v) is 2.02. The van der Waals surface area contributed by atoms with E-state index in [9.17, 15) is 9.59 Å². The van der Waals surface area contributed by atoms with Crippen molar-refractivity contribution in [1.29, 1.82) is 0 Å². The number of benzene rings is 1. The molecule has 1 aromatic carbocycles. The van der Waals surface area contributed by atoms with E-state index in [0.29, 0.717) is 17.9 Å². The van der Waals surface area contributed by atoms with Gasteiger partial charge in [-0.25, -0.2) is 0 Å². The highest BCUT2D eigenvalue weighted by atomic mass is 16.2. The number of hydrogen-bond donors (Lipinski definition) is 2. The van der Waals surface area contributed by atoms with Gasteiger partial charge in [-0.15, -0.1) is 6.58 Å². The largest absolute Gasteiger partial charge is 0.323 e. The number of nitrogens with one attached hydrogen (secondary N) is 2. The summed E-state index contributed by atoms with van der Waals surface area (Å²) in [5.41, 5.74) is 1.93. The van der Waals surface area contributed by atoms with Crippen molar-refractivity contribution in [1.82, 2.24) is 9.78 Å². The molecule has 2 aromatic rings. The first kappa shape index (κ1) is 16.2. The van der Waals surface area contributed by atoms with Crippen molar-refractivity contribution in [3.05, 3.63) is 67.5 Å². The summed E-state index contributed by atoms with van der Waals surface area (Å²) in [7, 11) is 0. The Bertz CT molecular complexity index is 734. The van der Waals surface area contributed by atoms with Gasteiger partial charge in [-0.3, -0.25) is 14.3 Å². The number of anilines is 2. The smallest absolute Gasteiger partial charge is 0.247 e. The Kier molecular flexibility index (Phi) is 5.46. The topological polar surface area (TPSA) is 76.0 Å². The predicted molar refractivity (Wildman–Crippen MR) is 90.0 cm³/mol. The molecule has 0 radical (unpaired) electrons. The zero-order valence-electron chi connectivity index (χ0n) is 12.7. The van der Waals surface area contributed by atoms with E-state index in [2.05, 4.69) is 28.9 Å².